The molecule has 0 aliphatic rings. The molecule has 0 saturated heterocycles. The summed E-state index contributed by atoms with van der Waals surface area (Å²) in [6, 6.07) is 12.5. The first-order valence-electron chi connectivity index (χ1n) is 6.61. The number of fused-ring (bicyclic) bond motifs is 1. The summed E-state index contributed by atoms with van der Waals surface area (Å²) in [4.78, 5) is 8.20. The van der Waals surface area contributed by atoms with Gasteiger partial charge < -0.3 is 5.32 Å². The zero-order chi connectivity index (χ0) is 14.7. The Morgan fingerprint density at radius 2 is 1.86 bits per heavy atom. The molecule has 0 fully saturated rings. The summed E-state index contributed by atoms with van der Waals surface area (Å²) in [5, 5.41) is 4.31. The molecular formula is C16H13ClFN3. The van der Waals surface area contributed by atoms with Gasteiger partial charge in [0, 0.05) is 11.6 Å². The van der Waals surface area contributed by atoms with Crippen molar-refractivity contribution in [2.24, 2.45) is 0 Å². The molecule has 0 spiro atoms. The number of benzene rings is 2. The molecule has 0 radical (unpaired) electrons. The van der Waals surface area contributed by atoms with Crippen LogP contribution in [0.25, 0.3) is 10.9 Å². The van der Waals surface area contributed by atoms with Crippen LogP contribution in [-0.2, 0) is 6.42 Å². The number of hydrogen-bond acceptors (Lipinski definition) is 3. The van der Waals surface area contributed by atoms with Gasteiger partial charge in [-0.1, -0.05) is 29.8 Å². The number of hydrogen-bond donors (Lipinski definition) is 1. The predicted octanol–water partition coefficient (Wildman–Crippen LogP) is 4.08. The molecular weight excluding hydrogens is 289 g/mol. The van der Waals surface area contributed by atoms with Crippen LogP contribution in [0.2, 0.25) is 5.02 Å². The van der Waals surface area contributed by atoms with Crippen molar-refractivity contribution in [1.82, 2.24) is 9.97 Å². The van der Waals surface area contributed by atoms with Gasteiger partial charge in [0.25, 0.3) is 0 Å². The van der Waals surface area contributed by atoms with Gasteiger partial charge in [-0.15, -0.1) is 0 Å². The normalized spacial score (nSPS) is 10.8. The van der Waals surface area contributed by atoms with Crippen molar-refractivity contribution in [2.45, 2.75) is 6.42 Å². The summed E-state index contributed by atoms with van der Waals surface area (Å²) in [6.07, 6.45) is 2.24. The van der Waals surface area contributed by atoms with Crippen LogP contribution in [0.15, 0.2) is 48.8 Å². The molecule has 0 unspecified atom stereocenters. The second-order valence-corrected chi connectivity index (χ2v) is 5.10. The molecule has 0 amide bonds. The second kappa shape index (κ2) is 6.06. The number of nitrogens with one attached hydrogen (secondary N) is 1. The molecule has 5 heteroatoms. The molecule has 3 nitrogen and oxygen atoms in total. The van der Waals surface area contributed by atoms with Crippen LogP contribution in [-0.4, -0.2) is 16.5 Å². The Kier molecular flexibility index (Phi) is 3.97. The van der Waals surface area contributed by atoms with Crippen LogP contribution in [0, 0.1) is 5.82 Å². The smallest absolute Gasteiger partial charge is 0.140 e. The van der Waals surface area contributed by atoms with E-state index in [9.17, 15) is 4.39 Å². The Labute approximate surface area is 126 Å². The zero-order valence-electron chi connectivity index (χ0n) is 11.2. The molecule has 1 N–H and O–H groups in total. The highest BCUT2D eigenvalue weighted by atomic mass is 35.5. The lowest BCUT2D eigenvalue weighted by Gasteiger charge is -2.09. The molecule has 1 heterocycles. The molecule has 0 atom stereocenters. The molecule has 0 saturated carbocycles. The number of anilines is 1. The molecule has 2 aromatic carbocycles. The van der Waals surface area contributed by atoms with Gasteiger partial charge >= 0.3 is 0 Å². The topological polar surface area (TPSA) is 37.8 Å². The van der Waals surface area contributed by atoms with E-state index in [2.05, 4.69) is 15.3 Å². The van der Waals surface area contributed by atoms with Crippen molar-refractivity contribution in [2.75, 3.05) is 11.9 Å². The van der Waals surface area contributed by atoms with E-state index in [0.717, 1.165) is 17.0 Å². The van der Waals surface area contributed by atoms with E-state index in [4.69, 9.17) is 11.6 Å². The minimum Gasteiger partial charge on any atom is -0.369 e. The monoisotopic (exact) mass is 301 g/mol. The summed E-state index contributed by atoms with van der Waals surface area (Å²) < 4.78 is 13.9. The lowest BCUT2D eigenvalue weighted by atomic mass is 10.1. The number of rotatable bonds is 4. The lowest BCUT2D eigenvalue weighted by molar-refractivity contribution is 0.639. The highest BCUT2D eigenvalue weighted by molar-refractivity contribution is 6.30. The number of nitrogens with zero attached hydrogens (tertiary/aromatic N) is 2. The van der Waals surface area contributed by atoms with Crippen LogP contribution >= 0.6 is 11.6 Å². The third-order valence-corrected chi connectivity index (χ3v) is 3.48. The molecule has 21 heavy (non-hydrogen) atoms. The van der Waals surface area contributed by atoms with Gasteiger partial charge in [0.05, 0.1) is 10.9 Å². The van der Waals surface area contributed by atoms with Gasteiger partial charge in [0.2, 0.25) is 0 Å². The van der Waals surface area contributed by atoms with Crippen molar-refractivity contribution in [3.63, 3.8) is 0 Å². The molecule has 106 valence electrons. The second-order valence-electron chi connectivity index (χ2n) is 4.66. The summed E-state index contributed by atoms with van der Waals surface area (Å²) >= 11 is 5.85. The van der Waals surface area contributed by atoms with E-state index in [1.54, 1.807) is 12.1 Å². The molecule has 3 rings (SSSR count). The highest BCUT2D eigenvalue weighted by Gasteiger charge is 2.07. The van der Waals surface area contributed by atoms with Crippen LogP contribution < -0.4 is 5.32 Å². The largest absolute Gasteiger partial charge is 0.369 e. The van der Waals surface area contributed by atoms with Gasteiger partial charge in [-0.05, 0) is 36.2 Å². The van der Waals surface area contributed by atoms with Crippen molar-refractivity contribution in [1.29, 1.82) is 0 Å². The van der Waals surface area contributed by atoms with Crippen LogP contribution in [0.5, 0.6) is 0 Å². The fourth-order valence-electron chi connectivity index (χ4n) is 2.18. The maximum Gasteiger partial charge on any atom is 0.140 e. The van der Waals surface area contributed by atoms with E-state index in [0.29, 0.717) is 23.3 Å². The van der Waals surface area contributed by atoms with E-state index in [1.807, 2.05) is 24.3 Å². The highest BCUT2D eigenvalue weighted by Crippen LogP contribution is 2.22. The quantitative estimate of drug-likeness (QED) is 0.789. The average molecular weight is 302 g/mol. The fourth-order valence-corrected chi connectivity index (χ4v) is 2.30. The minimum absolute atomic E-state index is 0.318. The summed E-state index contributed by atoms with van der Waals surface area (Å²) in [6.45, 7) is 0.655. The maximum atomic E-state index is 13.9. The standard InChI is InChI=1S/C16H13ClFN3/c17-12-6-4-11(5-7-12)8-9-19-16-15-13(18)2-1-3-14(15)20-10-21-16/h1-7,10H,8-9H2,(H,19,20,21). The van der Waals surface area contributed by atoms with E-state index < -0.39 is 0 Å². The zero-order valence-corrected chi connectivity index (χ0v) is 11.9. The van der Waals surface area contributed by atoms with Gasteiger partial charge in [0.1, 0.15) is 18.0 Å². The average Bonchev–Trinajstić information content (AvgIpc) is 2.50. The van der Waals surface area contributed by atoms with Crippen molar-refractivity contribution in [3.8, 4) is 0 Å². The Balaban J connectivity index is 1.75. The van der Waals surface area contributed by atoms with Gasteiger partial charge in [-0.2, -0.15) is 0 Å². The van der Waals surface area contributed by atoms with Gasteiger partial charge in [-0.3, -0.25) is 0 Å². The van der Waals surface area contributed by atoms with Gasteiger partial charge in [0.15, 0.2) is 0 Å². The Bertz CT molecular complexity index is 754. The number of aromatic nitrogens is 2. The molecule has 1 aromatic heterocycles. The van der Waals surface area contributed by atoms with Crippen LogP contribution in [0.4, 0.5) is 10.2 Å². The molecule has 0 bridgehead atoms. The van der Waals surface area contributed by atoms with Crippen molar-refractivity contribution < 1.29 is 4.39 Å². The summed E-state index contributed by atoms with van der Waals surface area (Å²) in [5.41, 5.74) is 1.75. The fraction of sp³-hybridized carbons (Fsp3) is 0.125. The summed E-state index contributed by atoms with van der Waals surface area (Å²) in [5.74, 6) is 0.203. The lowest BCUT2D eigenvalue weighted by Crippen LogP contribution is -2.07. The molecule has 0 aliphatic carbocycles. The first-order valence-corrected chi connectivity index (χ1v) is 6.99. The van der Waals surface area contributed by atoms with Crippen LogP contribution in [0.1, 0.15) is 5.56 Å². The SMILES string of the molecule is Fc1cccc2ncnc(NCCc3ccc(Cl)cc3)c12. The Morgan fingerprint density at radius 1 is 1.05 bits per heavy atom. The third-order valence-electron chi connectivity index (χ3n) is 3.23. The predicted molar refractivity (Wildman–Crippen MR) is 83.1 cm³/mol. The Morgan fingerprint density at radius 3 is 2.67 bits per heavy atom. The van der Waals surface area contributed by atoms with Crippen molar-refractivity contribution in [3.05, 3.63) is 65.2 Å². The van der Waals surface area contributed by atoms with Crippen LogP contribution in [0.3, 0.4) is 0 Å². The van der Waals surface area contributed by atoms with Crippen molar-refractivity contribution >= 4 is 28.3 Å². The third kappa shape index (κ3) is 3.11. The Hall–Kier alpha value is -2.20. The minimum atomic E-state index is -0.318. The van der Waals surface area contributed by atoms with E-state index in [1.165, 1.54) is 12.4 Å². The van der Waals surface area contributed by atoms with Gasteiger partial charge in [-0.25, -0.2) is 14.4 Å². The molecule has 0 aliphatic heterocycles. The molecule has 3 aromatic rings. The van der Waals surface area contributed by atoms with E-state index in [-0.39, 0.29) is 5.82 Å². The maximum absolute atomic E-state index is 13.9. The van der Waals surface area contributed by atoms with E-state index >= 15 is 0 Å². The first-order chi connectivity index (χ1) is 10.2. The summed E-state index contributed by atoms with van der Waals surface area (Å²) in [7, 11) is 0. The first kappa shape index (κ1) is 13.8. The number of halogens is 2.